The van der Waals surface area contributed by atoms with Crippen LogP contribution in [0.5, 0.6) is 0 Å². The Balaban J connectivity index is 1.68. The Bertz CT molecular complexity index is 895. The fourth-order valence-electron chi connectivity index (χ4n) is 4.84. The van der Waals surface area contributed by atoms with Gasteiger partial charge in [-0.3, -0.25) is 10.2 Å². The summed E-state index contributed by atoms with van der Waals surface area (Å²) in [6, 6.07) is 4.80. The second-order valence-corrected chi connectivity index (χ2v) is 8.93. The maximum atomic E-state index is 14.1. The molecule has 162 valence electrons. The van der Waals surface area contributed by atoms with Gasteiger partial charge in [-0.2, -0.15) is 0 Å². The van der Waals surface area contributed by atoms with Gasteiger partial charge in [0.1, 0.15) is 11.6 Å². The van der Waals surface area contributed by atoms with E-state index in [1.54, 1.807) is 12.1 Å². The number of hydrogen-bond acceptors (Lipinski definition) is 3. The molecular weight excluding hydrogens is 379 g/mol. The zero-order valence-electron chi connectivity index (χ0n) is 18.2. The van der Waals surface area contributed by atoms with Crippen LogP contribution in [0.15, 0.2) is 18.2 Å². The van der Waals surface area contributed by atoms with Gasteiger partial charge in [-0.25, -0.2) is 14.4 Å². The van der Waals surface area contributed by atoms with E-state index in [0.29, 0.717) is 17.4 Å². The van der Waals surface area contributed by atoms with Crippen molar-refractivity contribution in [1.29, 1.82) is 0 Å². The topological polar surface area (TPSA) is 50.2 Å². The Hall–Kier alpha value is -2.21. The monoisotopic (exact) mass is 412 g/mol. The highest BCUT2D eigenvalue weighted by Gasteiger charge is 2.25. The predicted molar refractivity (Wildman–Crippen MR) is 117 cm³/mol. The van der Waals surface area contributed by atoms with Crippen LogP contribution in [0.4, 0.5) is 4.39 Å². The lowest BCUT2D eigenvalue weighted by atomic mass is 9.89. The van der Waals surface area contributed by atoms with Gasteiger partial charge in [0.15, 0.2) is 5.69 Å². The highest BCUT2D eigenvalue weighted by molar-refractivity contribution is 5.94. The summed E-state index contributed by atoms with van der Waals surface area (Å²) in [5, 5.41) is 2.00. The summed E-state index contributed by atoms with van der Waals surface area (Å²) in [7, 11) is 0. The first-order chi connectivity index (χ1) is 14.5. The molecule has 0 spiro atoms. The second-order valence-electron chi connectivity index (χ2n) is 8.93. The minimum Gasteiger partial charge on any atom is -0.327 e. The molecule has 2 heterocycles. The van der Waals surface area contributed by atoms with Crippen LogP contribution in [0, 0.1) is 25.6 Å². The van der Waals surface area contributed by atoms with Gasteiger partial charge in [0.2, 0.25) is 0 Å². The van der Waals surface area contributed by atoms with Crippen molar-refractivity contribution in [3.05, 3.63) is 41.0 Å². The Morgan fingerprint density at radius 3 is 2.53 bits per heavy atom. The SMILES string of the molecule is Cc1ccc(F)cc1-c1nc(C(=O)NN2CCCCC2)c(C)n1CC1CCCCC1. The van der Waals surface area contributed by atoms with Crippen molar-refractivity contribution in [2.45, 2.75) is 71.8 Å². The number of halogens is 1. The van der Waals surface area contributed by atoms with Crippen molar-refractivity contribution in [2.24, 2.45) is 5.92 Å². The number of benzene rings is 1. The van der Waals surface area contributed by atoms with Crippen molar-refractivity contribution < 1.29 is 9.18 Å². The molecule has 30 heavy (non-hydrogen) atoms. The maximum Gasteiger partial charge on any atom is 0.286 e. The second kappa shape index (κ2) is 9.29. The van der Waals surface area contributed by atoms with E-state index in [9.17, 15) is 9.18 Å². The Labute approximate surface area is 178 Å². The molecule has 0 bridgehead atoms. The number of nitrogens with zero attached hydrogens (tertiary/aromatic N) is 3. The average Bonchev–Trinajstić information content (AvgIpc) is 3.07. The van der Waals surface area contributed by atoms with Gasteiger partial charge in [-0.05, 0) is 63.1 Å². The number of hydrazine groups is 1. The Morgan fingerprint density at radius 2 is 1.80 bits per heavy atom. The Kier molecular flexibility index (Phi) is 6.52. The molecule has 1 aromatic heterocycles. The number of nitrogens with one attached hydrogen (secondary N) is 1. The quantitative estimate of drug-likeness (QED) is 0.750. The standard InChI is InChI=1S/C24H33FN4O/c1-17-11-12-20(25)15-21(17)23-26-22(24(30)27-28-13-7-4-8-14-28)18(2)29(23)16-19-9-5-3-6-10-19/h11-12,15,19H,3-10,13-14,16H2,1-2H3,(H,27,30). The maximum absolute atomic E-state index is 14.1. The van der Waals surface area contributed by atoms with E-state index in [-0.39, 0.29) is 11.7 Å². The summed E-state index contributed by atoms with van der Waals surface area (Å²) in [5.41, 5.74) is 6.10. The number of aryl methyl sites for hydroxylation is 1. The molecular formula is C24H33FN4O. The highest BCUT2D eigenvalue weighted by atomic mass is 19.1. The molecule has 0 radical (unpaired) electrons. The van der Waals surface area contributed by atoms with Gasteiger partial charge in [-0.1, -0.05) is 31.7 Å². The van der Waals surface area contributed by atoms with E-state index in [2.05, 4.69) is 9.99 Å². The molecule has 1 saturated heterocycles. The lowest BCUT2D eigenvalue weighted by Crippen LogP contribution is -2.45. The number of carbonyl (C=O) groups is 1. The third kappa shape index (κ3) is 4.59. The number of rotatable bonds is 5. The molecule has 1 saturated carbocycles. The van der Waals surface area contributed by atoms with Crippen LogP contribution in [-0.2, 0) is 6.54 Å². The predicted octanol–water partition coefficient (Wildman–Crippen LogP) is 5.02. The largest absolute Gasteiger partial charge is 0.327 e. The normalized spacial score (nSPS) is 18.5. The molecule has 1 aliphatic carbocycles. The van der Waals surface area contributed by atoms with E-state index in [1.165, 1.54) is 44.6 Å². The first kappa shape index (κ1) is 21.0. The summed E-state index contributed by atoms with van der Waals surface area (Å²) in [5.74, 6) is 0.850. The minimum absolute atomic E-state index is 0.160. The van der Waals surface area contributed by atoms with E-state index in [1.807, 2.05) is 18.9 Å². The Morgan fingerprint density at radius 1 is 1.10 bits per heavy atom. The number of aromatic nitrogens is 2. The van der Waals surface area contributed by atoms with Crippen LogP contribution in [-0.4, -0.2) is 33.6 Å². The zero-order chi connectivity index (χ0) is 21.1. The number of piperidine rings is 1. The molecule has 0 atom stereocenters. The van der Waals surface area contributed by atoms with Crippen LogP contribution in [0.3, 0.4) is 0 Å². The van der Waals surface area contributed by atoms with Crippen LogP contribution < -0.4 is 5.43 Å². The van der Waals surface area contributed by atoms with Crippen molar-refractivity contribution in [3.63, 3.8) is 0 Å². The van der Waals surface area contributed by atoms with E-state index < -0.39 is 0 Å². The highest BCUT2D eigenvalue weighted by Crippen LogP contribution is 2.31. The summed E-state index contributed by atoms with van der Waals surface area (Å²) in [6.07, 6.45) is 9.64. The van der Waals surface area contributed by atoms with Crippen LogP contribution in [0.25, 0.3) is 11.4 Å². The van der Waals surface area contributed by atoms with Crippen molar-refractivity contribution >= 4 is 5.91 Å². The molecule has 2 aromatic rings. The summed E-state index contributed by atoms with van der Waals surface area (Å²) >= 11 is 0. The van der Waals surface area contributed by atoms with Crippen molar-refractivity contribution in [2.75, 3.05) is 13.1 Å². The van der Waals surface area contributed by atoms with Crippen LogP contribution in [0.2, 0.25) is 0 Å². The fraction of sp³-hybridized carbons (Fsp3) is 0.583. The first-order valence-electron chi connectivity index (χ1n) is 11.4. The smallest absolute Gasteiger partial charge is 0.286 e. The average molecular weight is 413 g/mol. The number of hydrogen-bond donors (Lipinski definition) is 1. The van der Waals surface area contributed by atoms with Gasteiger partial charge in [0, 0.05) is 30.9 Å². The van der Waals surface area contributed by atoms with E-state index in [0.717, 1.165) is 49.3 Å². The first-order valence-corrected chi connectivity index (χ1v) is 11.4. The van der Waals surface area contributed by atoms with Gasteiger partial charge in [0.25, 0.3) is 5.91 Å². The molecule has 2 aliphatic rings. The molecule has 0 unspecified atom stereocenters. The summed E-state index contributed by atoms with van der Waals surface area (Å²) in [6.45, 7) is 6.53. The van der Waals surface area contributed by atoms with Crippen LogP contribution in [0.1, 0.15) is 73.1 Å². The van der Waals surface area contributed by atoms with E-state index >= 15 is 0 Å². The van der Waals surface area contributed by atoms with Crippen molar-refractivity contribution in [3.8, 4) is 11.4 Å². The van der Waals surface area contributed by atoms with E-state index in [4.69, 9.17) is 4.98 Å². The molecule has 4 rings (SSSR count). The molecule has 1 N–H and O–H groups in total. The van der Waals surface area contributed by atoms with Crippen LogP contribution >= 0.6 is 0 Å². The molecule has 1 aromatic carbocycles. The van der Waals surface area contributed by atoms with Gasteiger partial charge in [-0.15, -0.1) is 0 Å². The minimum atomic E-state index is -0.278. The summed E-state index contributed by atoms with van der Waals surface area (Å²) < 4.78 is 16.2. The molecule has 6 heteroatoms. The molecule has 5 nitrogen and oxygen atoms in total. The fourth-order valence-corrected chi connectivity index (χ4v) is 4.84. The third-order valence-electron chi connectivity index (χ3n) is 6.66. The zero-order valence-corrected chi connectivity index (χ0v) is 18.2. The number of carbonyl (C=O) groups excluding carboxylic acids is 1. The van der Waals surface area contributed by atoms with Crippen molar-refractivity contribution in [1.82, 2.24) is 20.0 Å². The third-order valence-corrected chi connectivity index (χ3v) is 6.66. The van der Waals surface area contributed by atoms with Gasteiger partial charge >= 0.3 is 0 Å². The lowest BCUT2D eigenvalue weighted by Gasteiger charge is -2.26. The van der Waals surface area contributed by atoms with Gasteiger partial charge < -0.3 is 4.57 Å². The summed E-state index contributed by atoms with van der Waals surface area (Å²) in [4.78, 5) is 17.8. The number of amides is 1. The molecule has 1 aliphatic heterocycles. The molecule has 1 amide bonds. The number of imidazole rings is 1. The lowest BCUT2D eigenvalue weighted by molar-refractivity contribution is 0.0744. The van der Waals surface area contributed by atoms with Gasteiger partial charge in [0.05, 0.1) is 0 Å². The molecule has 2 fully saturated rings.